The van der Waals surface area contributed by atoms with Crippen LogP contribution in [0.2, 0.25) is 10.0 Å². The molecule has 3 nitrogen and oxygen atoms in total. The smallest absolute Gasteiger partial charge is 0.0946 e. The van der Waals surface area contributed by atoms with Gasteiger partial charge < -0.3 is 9.88 Å². The molecule has 0 aliphatic carbocycles. The lowest BCUT2D eigenvalue weighted by Crippen LogP contribution is -2.25. The van der Waals surface area contributed by atoms with Crippen molar-refractivity contribution in [3.05, 3.63) is 94.5 Å². The number of aromatic nitrogens is 2. The maximum Gasteiger partial charge on any atom is 0.0946 e. The van der Waals surface area contributed by atoms with Gasteiger partial charge in [0.05, 0.1) is 12.4 Å². The monoisotopic (exact) mass is 371 g/mol. The summed E-state index contributed by atoms with van der Waals surface area (Å²) in [6.07, 6.45) is 9.73. The van der Waals surface area contributed by atoms with Crippen LogP contribution >= 0.6 is 23.2 Å². The average Bonchev–Trinajstić information content (AvgIpc) is 3.12. The van der Waals surface area contributed by atoms with Crippen molar-refractivity contribution in [3.8, 4) is 0 Å². The zero-order valence-corrected chi connectivity index (χ0v) is 15.2. The summed E-state index contributed by atoms with van der Waals surface area (Å²) in [4.78, 5) is 4.11. The fourth-order valence-electron chi connectivity index (χ4n) is 2.63. The third-order valence-corrected chi connectivity index (χ3v) is 4.44. The number of hydrogen-bond donors (Lipinski definition) is 1. The van der Waals surface area contributed by atoms with Crippen molar-refractivity contribution in [1.82, 2.24) is 14.9 Å². The van der Waals surface area contributed by atoms with Gasteiger partial charge in [-0.1, -0.05) is 71.8 Å². The van der Waals surface area contributed by atoms with Crippen molar-refractivity contribution in [1.29, 1.82) is 0 Å². The van der Waals surface area contributed by atoms with Gasteiger partial charge >= 0.3 is 0 Å². The molecule has 0 saturated heterocycles. The minimum absolute atomic E-state index is 0.0550. The largest absolute Gasteiger partial charge is 0.336 e. The first kappa shape index (κ1) is 17.7. The molecular formula is C20H19Cl2N3. The van der Waals surface area contributed by atoms with Crippen LogP contribution in [0.25, 0.3) is 6.08 Å². The molecule has 0 radical (unpaired) electrons. The summed E-state index contributed by atoms with van der Waals surface area (Å²) >= 11 is 12.4. The van der Waals surface area contributed by atoms with Crippen LogP contribution in [0, 0.1) is 0 Å². The highest BCUT2D eigenvalue weighted by molar-refractivity contribution is 6.35. The van der Waals surface area contributed by atoms with Gasteiger partial charge in [0, 0.05) is 35.5 Å². The van der Waals surface area contributed by atoms with Gasteiger partial charge in [0.15, 0.2) is 0 Å². The molecule has 1 unspecified atom stereocenters. The van der Waals surface area contributed by atoms with Gasteiger partial charge in [0.2, 0.25) is 0 Å². The van der Waals surface area contributed by atoms with E-state index in [2.05, 4.69) is 34.6 Å². The predicted molar refractivity (Wildman–Crippen MR) is 105 cm³/mol. The maximum atomic E-state index is 6.41. The lowest BCUT2D eigenvalue weighted by atomic mass is 10.1. The van der Waals surface area contributed by atoms with Gasteiger partial charge in [-0.2, -0.15) is 0 Å². The number of halogens is 2. The molecule has 5 heteroatoms. The fraction of sp³-hybridized carbons (Fsp3) is 0.150. The van der Waals surface area contributed by atoms with Crippen LogP contribution in [0.4, 0.5) is 0 Å². The molecule has 1 N–H and O–H groups in total. The van der Waals surface area contributed by atoms with E-state index in [1.165, 1.54) is 5.56 Å². The molecule has 1 aromatic heterocycles. The van der Waals surface area contributed by atoms with Crippen molar-refractivity contribution in [2.45, 2.75) is 12.6 Å². The van der Waals surface area contributed by atoms with E-state index < -0.39 is 0 Å². The summed E-state index contributed by atoms with van der Waals surface area (Å²) in [5.41, 5.74) is 2.20. The fourth-order valence-corrected chi connectivity index (χ4v) is 3.17. The molecule has 3 rings (SSSR count). The number of benzene rings is 2. The Morgan fingerprint density at radius 2 is 1.96 bits per heavy atom. The second kappa shape index (κ2) is 8.86. The van der Waals surface area contributed by atoms with E-state index in [-0.39, 0.29) is 6.04 Å². The van der Waals surface area contributed by atoms with Crippen LogP contribution in [0.5, 0.6) is 0 Å². The minimum Gasteiger partial charge on any atom is -0.336 e. The van der Waals surface area contributed by atoms with E-state index in [9.17, 15) is 0 Å². The number of hydrogen-bond acceptors (Lipinski definition) is 2. The molecule has 128 valence electrons. The van der Waals surface area contributed by atoms with Crippen molar-refractivity contribution < 1.29 is 0 Å². The summed E-state index contributed by atoms with van der Waals surface area (Å²) < 4.78 is 2.03. The highest BCUT2D eigenvalue weighted by Gasteiger charge is 2.14. The van der Waals surface area contributed by atoms with Crippen LogP contribution in [0.15, 0.2) is 73.3 Å². The zero-order valence-electron chi connectivity index (χ0n) is 13.6. The van der Waals surface area contributed by atoms with Crippen molar-refractivity contribution in [2.75, 3.05) is 6.54 Å². The third kappa shape index (κ3) is 5.20. The average molecular weight is 372 g/mol. The van der Waals surface area contributed by atoms with Crippen molar-refractivity contribution >= 4 is 29.3 Å². The van der Waals surface area contributed by atoms with Crippen LogP contribution in [-0.4, -0.2) is 16.1 Å². The number of rotatable bonds is 7. The topological polar surface area (TPSA) is 29.9 Å². The normalized spacial score (nSPS) is 12.6. The first-order chi connectivity index (χ1) is 12.2. The number of nitrogens with zero attached hydrogens (tertiary/aromatic N) is 2. The van der Waals surface area contributed by atoms with Crippen LogP contribution in [0.1, 0.15) is 17.2 Å². The molecule has 3 aromatic rings. The van der Waals surface area contributed by atoms with Gasteiger partial charge in [-0.25, -0.2) is 4.98 Å². The Bertz CT molecular complexity index is 814. The molecule has 0 aliphatic rings. The molecule has 0 saturated carbocycles. The second-order valence-electron chi connectivity index (χ2n) is 5.70. The van der Waals surface area contributed by atoms with Gasteiger partial charge in [0.25, 0.3) is 0 Å². The van der Waals surface area contributed by atoms with E-state index in [4.69, 9.17) is 23.2 Å². The molecule has 0 aliphatic heterocycles. The molecule has 2 aromatic carbocycles. The molecule has 0 fully saturated rings. The Hall–Kier alpha value is -2.07. The SMILES string of the molecule is Clc1ccc(C(Cn2ccnc2)NC/C=C/c2ccccc2)c(Cl)c1. The summed E-state index contributed by atoms with van der Waals surface area (Å²) in [5.74, 6) is 0. The molecular weight excluding hydrogens is 353 g/mol. The molecule has 0 bridgehead atoms. The summed E-state index contributed by atoms with van der Waals surface area (Å²) in [6.45, 7) is 1.47. The van der Waals surface area contributed by atoms with Crippen LogP contribution < -0.4 is 5.32 Å². The highest BCUT2D eigenvalue weighted by atomic mass is 35.5. The quantitative estimate of drug-likeness (QED) is 0.615. The Labute approximate surface area is 157 Å². The molecule has 1 heterocycles. The Morgan fingerprint density at radius 1 is 1.12 bits per heavy atom. The van der Waals surface area contributed by atoms with Crippen molar-refractivity contribution in [3.63, 3.8) is 0 Å². The zero-order chi connectivity index (χ0) is 17.5. The van der Waals surface area contributed by atoms with Crippen LogP contribution in [0.3, 0.4) is 0 Å². The van der Waals surface area contributed by atoms with E-state index in [1.807, 2.05) is 41.1 Å². The standard InChI is InChI=1S/C20H19Cl2N3/c21-17-8-9-18(19(22)13-17)20(14-25-12-11-23-15-25)24-10-4-7-16-5-2-1-3-6-16/h1-9,11-13,15,20,24H,10,14H2/b7-4+. The van der Waals surface area contributed by atoms with Crippen LogP contribution in [-0.2, 0) is 6.54 Å². The summed E-state index contributed by atoms with van der Waals surface area (Å²) in [6, 6.07) is 15.9. The Kier molecular flexibility index (Phi) is 6.29. The molecule has 25 heavy (non-hydrogen) atoms. The molecule has 0 spiro atoms. The summed E-state index contributed by atoms with van der Waals surface area (Å²) in [5, 5.41) is 4.84. The number of nitrogens with one attached hydrogen (secondary N) is 1. The Balaban J connectivity index is 1.71. The van der Waals surface area contributed by atoms with Gasteiger partial charge in [-0.05, 0) is 23.3 Å². The minimum atomic E-state index is 0.0550. The molecule has 1 atom stereocenters. The third-order valence-electron chi connectivity index (χ3n) is 3.88. The van der Waals surface area contributed by atoms with E-state index >= 15 is 0 Å². The number of imidazole rings is 1. The lowest BCUT2D eigenvalue weighted by molar-refractivity contribution is 0.484. The van der Waals surface area contributed by atoms with Gasteiger partial charge in [0.1, 0.15) is 0 Å². The van der Waals surface area contributed by atoms with Crippen molar-refractivity contribution in [2.24, 2.45) is 0 Å². The van der Waals surface area contributed by atoms with E-state index in [1.54, 1.807) is 18.6 Å². The molecule has 0 amide bonds. The second-order valence-corrected chi connectivity index (χ2v) is 6.54. The highest BCUT2D eigenvalue weighted by Crippen LogP contribution is 2.27. The predicted octanol–water partition coefficient (Wildman–Crippen LogP) is 5.23. The first-order valence-electron chi connectivity index (χ1n) is 8.08. The van der Waals surface area contributed by atoms with Gasteiger partial charge in [-0.15, -0.1) is 0 Å². The van der Waals surface area contributed by atoms with E-state index in [0.29, 0.717) is 10.0 Å². The first-order valence-corrected chi connectivity index (χ1v) is 8.83. The maximum absolute atomic E-state index is 6.41. The summed E-state index contributed by atoms with van der Waals surface area (Å²) in [7, 11) is 0. The Morgan fingerprint density at radius 3 is 2.68 bits per heavy atom. The lowest BCUT2D eigenvalue weighted by Gasteiger charge is -2.20. The van der Waals surface area contributed by atoms with Gasteiger partial charge in [-0.3, -0.25) is 0 Å². The van der Waals surface area contributed by atoms with E-state index in [0.717, 1.165) is 18.7 Å².